The lowest BCUT2D eigenvalue weighted by atomic mass is 10.2. The third-order valence-electron chi connectivity index (χ3n) is 3.67. The molecular weight excluding hydrogens is 341 g/mol. The summed E-state index contributed by atoms with van der Waals surface area (Å²) in [5.41, 5.74) is 0.977. The van der Waals surface area contributed by atoms with Gasteiger partial charge in [0.15, 0.2) is 5.96 Å². The van der Waals surface area contributed by atoms with Crippen molar-refractivity contribution in [3.05, 3.63) is 34.9 Å². The van der Waals surface area contributed by atoms with Gasteiger partial charge in [0, 0.05) is 30.7 Å². The lowest BCUT2D eigenvalue weighted by Crippen LogP contribution is -2.45. The van der Waals surface area contributed by atoms with Crippen LogP contribution in [0.2, 0.25) is 5.02 Å². The Kier molecular flexibility index (Phi) is 6.74. The Morgan fingerprint density at radius 3 is 2.88 bits per heavy atom. The van der Waals surface area contributed by atoms with Crippen molar-refractivity contribution in [1.29, 1.82) is 0 Å². The number of rotatable bonds is 5. The topological polar surface area (TPSA) is 39.7 Å². The second kappa shape index (κ2) is 8.58. The zero-order chi connectivity index (χ0) is 17.6. The summed E-state index contributed by atoms with van der Waals surface area (Å²) in [4.78, 5) is 5.90. The number of benzene rings is 1. The van der Waals surface area contributed by atoms with Crippen LogP contribution < -0.4 is 10.6 Å². The number of aliphatic imine (C=N–C) groups is 1. The van der Waals surface area contributed by atoms with E-state index in [-0.39, 0.29) is 6.04 Å². The number of halogens is 4. The van der Waals surface area contributed by atoms with Crippen molar-refractivity contribution in [2.75, 3.05) is 26.2 Å². The molecule has 134 valence electrons. The summed E-state index contributed by atoms with van der Waals surface area (Å²) in [6, 6.07) is 7.39. The smallest absolute Gasteiger partial charge is 0.357 e. The minimum Gasteiger partial charge on any atom is -0.357 e. The Hall–Kier alpha value is -1.47. The summed E-state index contributed by atoms with van der Waals surface area (Å²) < 4.78 is 37.3. The molecule has 1 aliphatic rings. The molecule has 1 saturated heterocycles. The molecule has 0 radical (unpaired) electrons. The van der Waals surface area contributed by atoms with E-state index in [0.29, 0.717) is 43.6 Å². The van der Waals surface area contributed by atoms with Gasteiger partial charge in [-0.25, -0.2) is 4.99 Å². The van der Waals surface area contributed by atoms with Gasteiger partial charge < -0.3 is 10.6 Å². The average Bonchev–Trinajstić information content (AvgIpc) is 2.90. The van der Waals surface area contributed by atoms with Crippen molar-refractivity contribution in [3.63, 3.8) is 0 Å². The van der Waals surface area contributed by atoms with Crippen LogP contribution in [0, 0.1) is 0 Å². The van der Waals surface area contributed by atoms with E-state index in [1.807, 2.05) is 25.1 Å². The van der Waals surface area contributed by atoms with E-state index in [1.165, 1.54) is 4.90 Å². The van der Waals surface area contributed by atoms with Crippen molar-refractivity contribution in [1.82, 2.24) is 15.5 Å². The average molecular weight is 363 g/mol. The normalized spacial score (nSPS) is 19.5. The Balaban J connectivity index is 1.90. The molecule has 2 N–H and O–H groups in total. The molecule has 4 nitrogen and oxygen atoms in total. The highest BCUT2D eigenvalue weighted by atomic mass is 35.5. The van der Waals surface area contributed by atoms with Gasteiger partial charge in [0.25, 0.3) is 0 Å². The second-order valence-corrected chi connectivity index (χ2v) is 6.24. The monoisotopic (exact) mass is 362 g/mol. The minimum atomic E-state index is -4.15. The summed E-state index contributed by atoms with van der Waals surface area (Å²) in [6.07, 6.45) is -3.49. The first-order valence-corrected chi connectivity index (χ1v) is 8.32. The number of hydrogen-bond donors (Lipinski definition) is 2. The van der Waals surface area contributed by atoms with Crippen molar-refractivity contribution in [2.45, 2.75) is 32.1 Å². The molecule has 1 aliphatic heterocycles. The van der Waals surface area contributed by atoms with Crippen LogP contribution >= 0.6 is 11.6 Å². The number of nitrogens with one attached hydrogen (secondary N) is 2. The zero-order valence-electron chi connectivity index (χ0n) is 13.5. The lowest BCUT2D eigenvalue weighted by molar-refractivity contribution is -0.143. The van der Waals surface area contributed by atoms with Crippen LogP contribution in [-0.2, 0) is 6.54 Å². The van der Waals surface area contributed by atoms with E-state index < -0.39 is 12.7 Å². The number of guanidine groups is 1. The van der Waals surface area contributed by atoms with Gasteiger partial charge in [-0.3, -0.25) is 4.90 Å². The fourth-order valence-corrected chi connectivity index (χ4v) is 2.88. The Morgan fingerprint density at radius 1 is 1.42 bits per heavy atom. The first-order valence-electron chi connectivity index (χ1n) is 7.94. The van der Waals surface area contributed by atoms with Crippen molar-refractivity contribution >= 4 is 17.6 Å². The van der Waals surface area contributed by atoms with Crippen LogP contribution in [0.15, 0.2) is 29.3 Å². The molecule has 0 aromatic heterocycles. The van der Waals surface area contributed by atoms with Crippen LogP contribution in [-0.4, -0.2) is 49.3 Å². The third kappa shape index (κ3) is 6.57. The predicted octanol–water partition coefficient (Wildman–Crippen LogP) is 3.03. The van der Waals surface area contributed by atoms with E-state index in [2.05, 4.69) is 15.6 Å². The third-order valence-corrected chi connectivity index (χ3v) is 3.90. The molecule has 0 amide bonds. The standard InChI is InChI=1S/C16H22ClF3N4/c1-2-21-15(22-9-12-4-3-5-13(17)8-12)23-14-6-7-24(10-14)11-16(18,19)20/h3-5,8,14H,2,6-7,9-11H2,1H3,(H2,21,22,23). The maximum absolute atomic E-state index is 12.4. The summed E-state index contributed by atoms with van der Waals surface area (Å²) in [5, 5.41) is 6.99. The largest absolute Gasteiger partial charge is 0.401 e. The Bertz CT molecular complexity index is 562. The lowest BCUT2D eigenvalue weighted by Gasteiger charge is -2.19. The maximum atomic E-state index is 12.4. The van der Waals surface area contributed by atoms with E-state index in [0.717, 1.165) is 5.56 Å². The molecule has 1 unspecified atom stereocenters. The molecule has 0 aliphatic carbocycles. The van der Waals surface area contributed by atoms with Crippen molar-refractivity contribution in [2.24, 2.45) is 4.99 Å². The van der Waals surface area contributed by atoms with Gasteiger partial charge >= 0.3 is 6.18 Å². The van der Waals surface area contributed by atoms with Crippen molar-refractivity contribution < 1.29 is 13.2 Å². The summed E-state index contributed by atoms with van der Waals surface area (Å²) in [6.45, 7) is 3.02. The highest BCUT2D eigenvalue weighted by Crippen LogP contribution is 2.20. The molecular formula is C16H22ClF3N4. The van der Waals surface area contributed by atoms with Gasteiger partial charge in [-0.2, -0.15) is 13.2 Å². The van der Waals surface area contributed by atoms with Crippen LogP contribution in [0.3, 0.4) is 0 Å². The van der Waals surface area contributed by atoms with Gasteiger partial charge in [-0.1, -0.05) is 23.7 Å². The molecule has 0 saturated carbocycles. The molecule has 24 heavy (non-hydrogen) atoms. The Morgan fingerprint density at radius 2 is 2.21 bits per heavy atom. The molecule has 1 heterocycles. The second-order valence-electron chi connectivity index (χ2n) is 5.81. The summed E-state index contributed by atoms with van der Waals surface area (Å²) in [5.74, 6) is 0.608. The van der Waals surface area contributed by atoms with Gasteiger partial charge in [-0.05, 0) is 31.0 Å². The fraction of sp³-hybridized carbons (Fsp3) is 0.562. The van der Waals surface area contributed by atoms with Gasteiger partial charge in [0.05, 0.1) is 13.1 Å². The number of nitrogens with zero attached hydrogens (tertiary/aromatic N) is 2. The van der Waals surface area contributed by atoms with Gasteiger partial charge in [0.2, 0.25) is 0 Å². The Labute approximate surface area is 145 Å². The van der Waals surface area contributed by atoms with Crippen molar-refractivity contribution in [3.8, 4) is 0 Å². The number of alkyl halides is 3. The molecule has 1 atom stereocenters. The first kappa shape index (κ1) is 18.9. The van der Waals surface area contributed by atoms with Crippen LogP contribution in [0.5, 0.6) is 0 Å². The first-order chi connectivity index (χ1) is 11.4. The molecule has 1 aromatic rings. The quantitative estimate of drug-likeness (QED) is 0.625. The maximum Gasteiger partial charge on any atom is 0.401 e. The van der Waals surface area contributed by atoms with Crippen LogP contribution in [0.25, 0.3) is 0 Å². The summed E-state index contributed by atoms with van der Waals surface area (Å²) in [7, 11) is 0. The van der Waals surface area contributed by atoms with E-state index in [9.17, 15) is 13.2 Å². The van der Waals surface area contributed by atoms with Gasteiger partial charge in [-0.15, -0.1) is 0 Å². The molecule has 1 fully saturated rings. The SMILES string of the molecule is CCNC(=NCc1cccc(Cl)c1)NC1CCN(CC(F)(F)F)C1. The van der Waals surface area contributed by atoms with E-state index >= 15 is 0 Å². The van der Waals surface area contributed by atoms with E-state index in [1.54, 1.807) is 6.07 Å². The minimum absolute atomic E-state index is 0.0375. The van der Waals surface area contributed by atoms with Crippen LogP contribution in [0.1, 0.15) is 18.9 Å². The molecule has 1 aromatic carbocycles. The molecule has 0 spiro atoms. The zero-order valence-corrected chi connectivity index (χ0v) is 14.3. The fourth-order valence-electron chi connectivity index (χ4n) is 2.67. The predicted molar refractivity (Wildman–Crippen MR) is 90.3 cm³/mol. The van der Waals surface area contributed by atoms with Crippen LogP contribution in [0.4, 0.5) is 13.2 Å². The highest BCUT2D eigenvalue weighted by molar-refractivity contribution is 6.30. The molecule has 8 heteroatoms. The number of likely N-dealkylation sites (tertiary alicyclic amines) is 1. The molecule has 2 rings (SSSR count). The summed E-state index contributed by atoms with van der Waals surface area (Å²) >= 11 is 5.95. The van der Waals surface area contributed by atoms with Gasteiger partial charge in [0.1, 0.15) is 0 Å². The number of hydrogen-bond acceptors (Lipinski definition) is 2. The van der Waals surface area contributed by atoms with E-state index in [4.69, 9.17) is 11.6 Å². The molecule has 0 bridgehead atoms. The highest BCUT2D eigenvalue weighted by Gasteiger charge is 2.34.